The number of aliphatic hydroxyl groups is 2. The molecule has 0 bridgehead atoms. The highest BCUT2D eigenvalue weighted by molar-refractivity contribution is 5.70. The van der Waals surface area contributed by atoms with Crippen LogP contribution in [0.1, 0.15) is 75.2 Å². The van der Waals surface area contributed by atoms with Gasteiger partial charge in [0.05, 0.1) is 35.1 Å². The average Bonchev–Trinajstić information content (AvgIpc) is 3.07. The van der Waals surface area contributed by atoms with E-state index >= 15 is 0 Å². The van der Waals surface area contributed by atoms with Gasteiger partial charge in [0, 0.05) is 41.0 Å². The quantitative estimate of drug-likeness (QED) is 0.250. The van der Waals surface area contributed by atoms with E-state index in [1.807, 2.05) is 0 Å². The Hall–Kier alpha value is -3.03. The standard InChI is InChI=1S/C30H42O13/c1-13-19(36)11-29(27(7,8)37)22(13)23(40-15(3)32)25(41-16(4)33)28(9)20(39-14(2)31)10-21-30(12-38-21,43-18(6)35)24(28)26(29)42-17(5)34/h19-21,23-26,36-37H,10-12H2,1-9H3/t19-,20-,21+,23+,24?,25-,26-,28+,29-,30-/m0/s1. The Kier molecular flexibility index (Phi) is 8.29. The van der Waals surface area contributed by atoms with Crippen LogP contribution in [-0.4, -0.2) is 94.5 Å². The summed E-state index contributed by atoms with van der Waals surface area (Å²) in [6.45, 7) is 11.9. The van der Waals surface area contributed by atoms with E-state index in [1.165, 1.54) is 34.6 Å². The summed E-state index contributed by atoms with van der Waals surface area (Å²) < 4.78 is 35.9. The highest BCUT2D eigenvalue weighted by Gasteiger charge is 2.80. The molecule has 0 radical (unpaired) electrons. The van der Waals surface area contributed by atoms with Crippen LogP contribution in [0.4, 0.5) is 0 Å². The Morgan fingerprint density at radius 3 is 1.84 bits per heavy atom. The summed E-state index contributed by atoms with van der Waals surface area (Å²) in [7, 11) is 0. The molecule has 2 N–H and O–H groups in total. The van der Waals surface area contributed by atoms with Crippen LogP contribution >= 0.6 is 0 Å². The van der Waals surface area contributed by atoms with Crippen LogP contribution in [-0.2, 0) is 52.4 Å². The molecule has 2 saturated carbocycles. The Bertz CT molecular complexity index is 1250. The molecule has 0 aromatic heterocycles. The molecule has 1 heterocycles. The molecule has 3 aliphatic carbocycles. The molecule has 0 aromatic rings. The van der Waals surface area contributed by atoms with Crippen LogP contribution in [0.25, 0.3) is 0 Å². The SMILES string of the molecule is CC(=O)O[C@@H]1C2=C(C)[C@@H](O)C[C@@]2(C(C)(C)O)[C@@H](OC(C)=O)C2[C@@](C)([C@@H](OC(C)=O)C[C@H]3OC[C@@]23OC(C)=O)[C@H]1OC(C)=O. The van der Waals surface area contributed by atoms with Gasteiger partial charge < -0.3 is 38.6 Å². The Labute approximate surface area is 250 Å². The fourth-order valence-corrected chi connectivity index (χ4v) is 8.39. The molecule has 10 atom stereocenters. The van der Waals surface area contributed by atoms with Gasteiger partial charge in [-0.2, -0.15) is 0 Å². The van der Waals surface area contributed by atoms with Gasteiger partial charge in [-0.05, 0) is 38.3 Å². The van der Waals surface area contributed by atoms with Gasteiger partial charge in [0.15, 0.2) is 17.8 Å². The molecule has 43 heavy (non-hydrogen) atoms. The first-order valence-electron chi connectivity index (χ1n) is 14.4. The minimum Gasteiger partial charge on any atom is -0.462 e. The molecule has 1 saturated heterocycles. The average molecular weight is 611 g/mol. The predicted octanol–water partition coefficient (Wildman–Crippen LogP) is 1.29. The monoisotopic (exact) mass is 610 g/mol. The van der Waals surface area contributed by atoms with E-state index in [9.17, 15) is 34.2 Å². The summed E-state index contributed by atoms with van der Waals surface area (Å²) in [5, 5.41) is 23.4. The van der Waals surface area contributed by atoms with Crippen molar-refractivity contribution < 1.29 is 62.6 Å². The second kappa shape index (κ2) is 10.8. The van der Waals surface area contributed by atoms with Crippen molar-refractivity contribution in [3.63, 3.8) is 0 Å². The van der Waals surface area contributed by atoms with Crippen molar-refractivity contribution in [2.45, 2.75) is 123 Å². The van der Waals surface area contributed by atoms with Gasteiger partial charge in [0.1, 0.15) is 18.3 Å². The van der Waals surface area contributed by atoms with Crippen LogP contribution in [0.5, 0.6) is 0 Å². The third kappa shape index (κ3) is 4.93. The molecule has 240 valence electrons. The van der Waals surface area contributed by atoms with Crippen LogP contribution in [0, 0.1) is 16.7 Å². The first-order valence-corrected chi connectivity index (χ1v) is 14.4. The number of esters is 5. The van der Waals surface area contributed by atoms with Crippen LogP contribution in [0.3, 0.4) is 0 Å². The third-order valence-corrected chi connectivity index (χ3v) is 9.87. The van der Waals surface area contributed by atoms with Crippen LogP contribution < -0.4 is 0 Å². The van der Waals surface area contributed by atoms with Gasteiger partial charge in [0.2, 0.25) is 0 Å². The lowest BCUT2D eigenvalue weighted by molar-refractivity contribution is -0.353. The molecular formula is C30H42O13. The van der Waals surface area contributed by atoms with E-state index in [2.05, 4.69) is 0 Å². The lowest BCUT2D eigenvalue weighted by Gasteiger charge is -2.65. The number of carbonyl (C=O) groups excluding carboxylic acids is 5. The van der Waals surface area contributed by atoms with Crippen molar-refractivity contribution in [2.75, 3.05) is 6.61 Å². The predicted molar refractivity (Wildman–Crippen MR) is 145 cm³/mol. The molecular weight excluding hydrogens is 568 g/mol. The van der Waals surface area contributed by atoms with Gasteiger partial charge in [-0.1, -0.05) is 6.92 Å². The maximum atomic E-state index is 13.0. The summed E-state index contributed by atoms with van der Waals surface area (Å²) in [5.74, 6) is -4.83. The van der Waals surface area contributed by atoms with E-state index in [0.29, 0.717) is 5.57 Å². The normalized spacial score (nSPS) is 40.0. The summed E-state index contributed by atoms with van der Waals surface area (Å²) in [6, 6.07) is 0. The molecule has 0 amide bonds. The second-order valence-corrected chi connectivity index (χ2v) is 13.0. The number of aliphatic hydroxyl groups excluding tert-OH is 1. The number of ether oxygens (including phenoxy) is 6. The minimum atomic E-state index is -1.79. The van der Waals surface area contributed by atoms with Crippen LogP contribution in [0.15, 0.2) is 11.1 Å². The second-order valence-electron chi connectivity index (χ2n) is 13.0. The number of rotatable bonds is 6. The highest BCUT2D eigenvalue weighted by Crippen LogP contribution is 2.68. The maximum Gasteiger partial charge on any atom is 0.303 e. The first kappa shape index (κ1) is 32.9. The molecule has 13 nitrogen and oxygen atoms in total. The summed E-state index contributed by atoms with van der Waals surface area (Å²) >= 11 is 0. The lowest BCUT2D eigenvalue weighted by atomic mass is 9.49. The minimum absolute atomic E-state index is 0.00657. The van der Waals surface area contributed by atoms with Crippen molar-refractivity contribution in [1.82, 2.24) is 0 Å². The topological polar surface area (TPSA) is 181 Å². The molecule has 1 aliphatic heterocycles. The van der Waals surface area contributed by atoms with Gasteiger partial charge in [0.25, 0.3) is 0 Å². The van der Waals surface area contributed by atoms with E-state index < -0.39 is 94.4 Å². The maximum absolute atomic E-state index is 13.0. The molecule has 1 unspecified atom stereocenters. The summed E-state index contributed by atoms with van der Waals surface area (Å²) in [6.07, 6.45) is -7.62. The molecule has 4 aliphatic rings. The van der Waals surface area contributed by atoms with E-state index in [0.717, 1.165) is 13.8 Å². The molecule has 0 spiro atoms. The van der Waals surface area contributed by atoms with Gasteiger partial charge in [-0.15, -0.1) is 0 Å². The van der Waals surface area contributed by atoms with Crippen molar-refractivity contribution in [3.8, 4) is 0 Å². The van der Waals surface area contributed by atoms with Gasteiger partial charge >= 0.3 is 29.8 Å². The smallest absolute Gasteiger partial charge is 0.303 e. The lowest BCUT2D eigenvalue weighted by Crippen LogP contribution is -2.79. The van der Waals surface area contributed by atoms with Crippen molar-refractivity contribution in [3.05, 3.63) is 11.1 Å². The third-order valence-electron chi connectivity index (χ3n) is 9.87. The number of hydrogen-bond acceptors (Lipinski definition) is 13. The molecule has 13 heteroatoms. The van der Waals surface area contributed by atoms with E-state index in [4.69, 9.17) is 28.4 Å². The zero-order valence-corrected chi connectivity index (χ0v) is 26.0. The molecule has 3 fully saturated rings. The Balaban J connectivity index is 2.23. The summed E-state index contributed by atoms with van der Waals surface area (Å²) in [4.78, 5) is 63.7. The number of hydrogen-bond donors (Lipinski definition) is 2. The zero-order valence-electron chi connectivity index (χ0n) is 26.0. The van der Waals surface area contributed by atoms with Crippen LogP contribution in [0.2, 0.25) is 0 Å². The Morgan fingerprint density at radius 1 is 0.860 bits per heavy atom. The Morgan fingerprint density at radius 2 is 1.40 bits per heavy atom. The van der Waals surface area contributed by atoms with E-state index in [-0.39, 0.29) is 25.0 Å². The number of carbonyl (C=O) groups is 5. The van der Waals surface area contributed by atoms with Gasteiger partial charge in [-0.3, -0.25) is 24.0 Å². The van der Waals surface area contributed by atoms with Crippen molar-refractivity contribution in [2.24, 2.45) is 16.7 Å². The van der Waals surface area contributed by atoms with E-state index in [1.54, 1.807) is 13.8 Å². The highest BCUT2D eigenvalue weighted by atomic mass is 16.6. The molecule has 4 rings (SSSR count). The molecule has 0 aromatic carbocycles. The summed E-state index contributed by atoms with van der Waals surface area (Å²) in [5.41, 5.74) is -6.07. The first-order chi connectivity index (χ1) is 19.7. The number of fused-ring (bicyclic) bond motifs is 4. The fraction of sp³-hybridized carbons (Fsp3) is 0.767. The fourth-order valence-electron chi connectivity index (χ4n) is 8.39. The van der Waals surface area contributed by atoms with Crippen molar-refractivity contribution >= 4 is 29.8 Å². The van der Waals surface area contributed by atoms with Crippen molar-refractivity contribution in [1.29, 1.82) is 0 Å². The zero-order chi connectivity index (χ0) is 32.4. The van der Waals surface area contributed by atoms with Gasteiger partial charge in [-0.25, -0.2) is 0 Å². The largest absolute Gasteiger partial charge is 0.462 e.